The SMILES string of the molecule is [2H]C1([2H])Cc2sc3c(c2C([2H])([2H])C1([2H])[2H])CCN(c1cccc(-c2cc(Nc4ccc(C5CNC5)cn4)c(=O)n(C)c2)c1COC(C)=O)C3=O. The van der Waals surface area contributed by atoms with Gasteiger partial charge in [0.2, 0.25) is 0 Å². The lowest BCUT2D eigenvalue weighted by molar-refractivity contribution is -0.142. The summed E-state index contributed by atoms with van der Waals surface area (Å²) in [6.07, 6.45) is -4.57. The van der Waals surface area contributed by atoms with E-state index in [4.69, 9.17) is 13.0 Å². The summed E-state index contributed by atoms with van der Waals surface area (Å²) in [6.45, 7) is 3.05. The molecule has 0 unspecified atom stereocenters. The number of aromatic nitrogens is 2. The Labute approximate surface area is 268 Å². The first kappa shape index (κ1) is 22.3. The maximum atomic E-state index is 14.2. The van der Waals surface area contributed by atoms with Crippen molar-refractivity contribution in [1.82, 2.24) is 14.9 Å². The zero-order valence-electron chi connectivity index (χ0n) is 30.3. The molecule has 0 radical (unpaired) electrons. The maximum absolute atomic E-state index is 14.2. The number of carbonyl (C=O) groups is 2. The maximum Gasteiger partial charge on any atom is 0.302 e. The zero-order valence-corrected chi connectivity index (χ0v) is 25.1. The molecule has 0 bridgehead atoms. The van der Waals surface area contributed by atoms with Crippen LogP contribution in [0.25, 0.3) is 11.1 Å². The Morgan fingerprint density at radius 2 is 2.05 bits per heavy atom. The second-order valence-corrected chi connectivity index (χ2v) is 12.2. The number of anilines is 3. The summed E-state index contributed by atoms with van der Waals surface area (Å²) in [5, 5.41) is 6.38. The Bertz CT molecular complexity index is 2090. The lowest BCUT2D eigenvalue weighted by atomic mass is 9.91. The molecule has 3 aromatic heterocycles. The second-order valence-electron chi connectivity index (χ2n) is 11.1. The first-order chi connectivity index (χ1) is 23.6. The first-order valence-electron chi connectivity index (χ1n) is 17.5. The molecular weight excluding hydrogens is 574 g/mol. The number of hydrogen-bond donors (Lipinski definition) is 2. The van der Waals surface area contributed by atoms with Crippen molar-refractivity contribution in [3.8, 4) is 11.1 Å². The van der Waals surface area contributed by atoms with Crippen molar-refractivity contribution in [2.24, 2.45) is 7.05 Å². The van der Waals surface area contributed by atoms with E-state index in [1.54, 1.807) is 37.6 Å². The van der Waals surface area contributed by atoms with Gasteiger partial charge in [0.25, 0.3) is 11.5 Å². The predicted octanol–water partition coefficient (Wildman–Crippen LogP) is 5.08. The summed E-state index contributed by atoms with van der Waals surface area (Å²) in [7, 11) is 1.63. The van der Waals surface area contributed by atoms with Gasteiger partial charge in [0.05, 0.1) is 10.6 Å². The van der Waals surface area contributed by atoms with Crippen LogP contribution in [0.1, 0.15) is 70.6 Å². The third-order valence-electron chi connectivity index (χ3n) is 8.29. The van der Waals surface area contributed by atoms with Crippen molar-refractivity contribution in [3.05, 3.63) is 91.2 Å². The van der Waals surface area contributed by atoms with Crippen molar-refractivity contribution in [3.63, 3.8) is 0 Å². The highest BCUT2D eigenvalue weighted by Crippen LogP contribution is 2.40. The number of amides is 1. The normalized spacial score (nSPS) is 21.7. The number of hydrogen-bond acceptors (Lipinski definition) is 8. The number of esters is 1. The van der Waals surface area contributed by atoms with E-state index in [0.29, 0.717) is 44.6 Å². The number of ether oxygens (including phenoxy) is 1. The van der Waals surface area contributed by atoms with Crippen molar-refractivity contribution in [1.29, 1.82) is 0 Å². The summed E-state index contributed by atoms with van der Waals surface area (Å²) in [6, 6.07) is 10.8. The van der Waals surface area contributed by atoms with E-state index in [9.17, 15) is 14.4 Å². The van der Waals surface area contributed by atoms with E-state index in [1.807, 2.05) is 18.2 Å². The fourth-order valence-electron chi connectivity index (χ4n) is 5.86. The largest absolute Gasteiger partial charge is 0.461 e. The molecule has 44 heavy (non-hydrogen) atoms. The molecule has 1 saturated heterocycles. The van der Waals surface area contributed by atoms with Crippen molar-refractivity contribution in [2.75, 3.05) is 29.9 Å². The third kappa shape index (κ3) is 5.22. The second kappa shape index (κ2) is 11.7. The fraction of sp³-hybridized carbons (Fsp3) is 0.353. The topological polar surface area (TPSA) is 106 Å². The van der Waals surface area contributed by atoms with Crippen LogP contribution >= 0.6 is 11.3 Å². The third-order valence-corrected chi connectivity index (χ3v) is 9.51. The van der Waals surface area contributed by atoms with Crippen LogP contribution in [0, 0.1) is 0 Å². The van der Waals surface area contributed by atoms with Crippen LogP contribution in [0.4, 0.5) is 17.2 Å². The number of aryl methyl sites for hydroxylation is 2. The van der Waals surface area contributed by atoms with Crippen molar-refractivity contribution < 1.29 is 22.6 Å². The van der Waals surface area contributed by atoms with Crippen molar-refractivity contribution >= 4 is 40.4 Å². The van der Waals surface area contributed by atoms with Gasteiger partial charge in [0, 0.05) is 76.1 Å². The quantitative estimate of drug-likeness (QED) is 0.279. The highest BCUT2D eigenvalue weighted by Gasteiger charge is 2.33. The van der Waals surface area contributed by atoms with Gasteiger partial charge < -0.3 is 24.8 Å². The average Bonchev–Trinajstić information content (AvgIpc) is 3.40. The van der Waals surface area contributed by atoms with Gasteiger partial charge in [-0.2, -0.15) is 0 Å². The number of fused-ring (bicyclic) bond motifs is 3. The minimum atomic E-state index is -2.80. The molecule has 2 aliphatic heterocycles. The lowest BCUT2D eigenvalue weighted by Gasteiger charge is -2.30. The summed E-state index contributed by atoms with van der Waals surface area (Å²) >= 11 is 1.01. The summed E-state index contributed by atoms with van der Waals surface area (Å²) in [4.78, 5) is 46.1. The molecule has 5 heterocycles. The Kier molecular flexibility index (Phi) is 5.90. The average molecular weight is 616 g/mol. The monoisotopic (exact) mass is 615 g/mol. The molecule has 1 fully saturated rings. The number of rotatable bonds is 7. The van der Waals surface area contributed by atoms with Gasteiger partial charge in [-0.15, -0.1) is 11.3 Å². The molecule has 0 spiro atoms. The number of thiophene rings is 1. The Morgan fingerprint density at radius 3 is 2.80 bits per heavy atom. The Balaban J connectivity index is 1.27. The number of nitrogens with zero attached hydrogens (tertiary/aromatic N) is 3. The van der Waals surface area contributed by atoms with E-state index in [-0.39, 0.29) is 47.7 Å². The minimum Gasteiger partial charge on any atom is -0.461 e. The van der Waals surface area contributed by atoms with Crippen LogP contribution in [0.3, 0.4) is 0 Å². The molecule has 0 saturated carbocycles. The Hall–Kier alpha value is -4.28. The van der Waals surface area contributed by atoms with Gasteiger partial charge in [-0.1, -0.05) is 18.2 Å². The molecule has 1 amide bonds. The van der Waals surface area contributed by atoms with E-state index < -0.39 is 31.0 Å². The van der Waals surface area contributed by atoms with E-state index in [1.165, 1.54) is 16.4 Å². The van der Waals surface area contributed by atoms with Crippen LogP contribution < -0.4 is 21.1 Å². The highest BCUT2D eigenvalue weighted by atomic mass is 32.1. The van der Waals surface area contributed by atoms with Gasteiger partial charge in [0.15, 0.2) is 0 Å². The van der Waals surface area contributed by atoms with E-state index in [2.05, 4.69) is 15.6 Å². The number of nitrogens with one attached hydrogen (secondary N) is 2. The van der Waals surface area contributed by atoms with Crippen molar-refractivity contribution in [2.45, 2.75) is 51.4 Å². The molecular formula is C34H35N5O4S. The van der Waals surface area contributed by atoms with Crippen LogP contribution in [0.2, 0.25) is 0 Å². The van der Waals surface area contributed by atoms with Crippen LogP contribution in [-0.4, -0.2) is 41.1 Å². The highest BCUT2D eigenvalue weighted by molar-refractivity contribution is 7.14. The number of benzene rings is 1. The fourth-order valence-corrected chi connectivity index (χ4v) is 7.05. The molecule has 4 aromatic rings. The summed E-state index contributed by atoms with van der Waals surface area (Å²) < 4.78 is 57.5. The van der Waals surface area contributed by atoms with Crippen LogP contribution in [0.15, 0.2) is 53.6 Å². The Morgan fingerprint density at radius 1 is 1.18 bits per heavy atom. The van der Waals surface area contributed by atoms with Gasteiger partial charge in [-0.05, 0) is 72.4 Å². The standard InChI is InChI=1S/C34H35N5O4S/c1-20(40)43-19-27-24(7-5-8-29(27)39-13-12-26-25-6-3-4-9-30(25)44-32(26)34(39)42)22-14-28(33(41)38(2)18-22)37-31-11-10-21(17-36-31)23-15-35-16-23/h5,7-8,10-11,14,17-18,23,35H,3-4,6,9,12-13,15-16,19H2,1-2H3,(H,36,37)/i3D2,4D2,6D2. The zero-order chi connectivity index (χ0) is 35.7. The van der Waals surface area contributed by atoms with Gasteiger partial charge in [-0.3, -0.25) is 14.4 Å². The number of carbonyl (C=O) groups excluding carboxylic acids is 2. The lowest BCUT2D eigenvalue weighted by Crippen LogP contribution is -2.39. The molecule has 3 aliphatic rings. The molecule has 2 N–H and O–H groups in total. The minimum absolute atomic E-state index is 0.0777. The molecule has 1 aliphatic carbocycles. The smallest absolute Gasteiger partial charge is 0.302 e. The van der Waals surface area contributed by atoms with Gasteiger partial charge in [-0.25, -0.2) is 4.98 Å². The molecule has 10 heteroatoms. The number of pyridine rings is 2. The molecule has 226 valence electrons. The summed E-state index contributed by atoms with van der Waals surface area (Å²) in [5.74, 6) is -0.0355. The van der Waals surface area contributed by atoms with Crippen LogP contribution in [-0.2, 0) is 42.4 Å². The first-order valence-corrected chi connectivity index (χ1v) is 15.3. The predicted molar refractivity (Wildman–Crippen MR) is 172 cm³/mol. The molecule has 1 aromatic carbocycles. The van der Waals surface area contributed by atoms with Gasteiger partial charge in [0.1, 0.15) is 18.1 Å². The van der Waals surface area contributed by atoms with Crippen LogP contribution in [0.5, 0.6) is 0 Å². The summed E-state index contributed by atoms with van der Waals surface area (Å²) in [5.41, 5.74) is 3.81. The molecule has 0 atom stereocenters. The molecule has 9 nitrogen and oxygen atoms in total. The van der Waals surface area contributed by atoms with Gasteiger partial charge >= 0.3 is 5.97 Å². The van der Waals surface area contributed by atoms with E-state index >= 15 is 0 Å². The molecule has 7 rings (SSSR count). The van der Waals surface area contributed by atoms with E-state index in [0.717, 1.165) is 30.0 Å².